The molecule has 0 heterocycles. The number of ether oxygens (including phenoxy) is 10. The lowest BCUT2D eigenvalue weighted by Gasteiger charge is -2.22. The van der Waals surface area contributed by atoms with Crippen molar-refractivity contribution in [2.24, 2.45) is 0 Å². The van der Waals surface area contributed by atoms with Crippen LogP contribution in [0.15, 0.2) is 60.7 Å². The Balaban J connectivity index is 1.79. The summed E-state index contributed by atoms with van der Waals surface area (Å²) >= 11 is 0. The summed E-state index contributed by atoms with van der Waals surface area (Å²) in [6.45, 7) is 29.4. The Morgan fingerprint density at radius 1 is 0.120 bits per heavy atom. The lowest BCUT2D eigenvalue weighted by molar-refractivity contribution is 0.287. The van der Waals surface area contributed by atoms with E-state index >= 15 is 0 Å². The Labute approximate surface area is 769 Å². The van der Waals surface area contributed by atoms with Crippen LogP contribution in [-0.4, -0.2) is 66.1 Å². The second kappa shape index (κ2) is 72.8. The van der Waals surface area contributed by atoms with Gasteiger partial charge in [0.2, 0.25) is 0 Å². The molecule has 10 aliphatic carbocycles. The molecule has 0 N–H and O–H groups in total. The van der Waals surface area contributed by atoms with Crippen molar-refractivity contribution in [1.29, 1.82) is 0 Å². The molecule has 15 rings (SSSR count). The van der Waals surface area contributed by atoms with Crippen LogP contribution in [0.5, 0.6) is 57.5 Å². The molecule has 10 heteroatoms. The van der Waals surface area contributed by atoms with E-state index in [1.807, 2.05) is 0 Å². The normalized spacial score (nSPS) is 12.1. The highest BCUT2D eigenvalue weighted by molar-refractivity contribution is 5.60. The van der Waals surface area contributed by atoms with E-state index < -0.39 is 0 Å². The Hall–Kier alpha value is -5.90. The highest BCUT2D eigenvalue weighted by Crippen LogP contribution is 2.44. The largest absolute Gasteiger partial charge is 0.493 e. The molecule has 5 aromatic rings. The first-order chi connectivity index (χ1) is 61.7. The smallest absolute Gasteiger partial charge is 0.123 e. The van der Waals surface area contributed by atoms with Crippen LogP contribution >= 0.6 is 0 Å². The number of unbranched alkanes of at least 4 members (excludes halogenated alkanes) is 50. The Morgan fingerprint density at radius 3 is 0.288 bits per heavy atom. The Kier molecular flexibility index (Phi) is 62.9. The van der Waals surface area contributed by atoms with Crippen molar-refractivity contribution in [2.45, 2.75) is 487 Å². The van der Waals surface area contributed by atoms with Crippen LogP contribution in [0.25, 0.3) is 0 Å². The third-order valence-corrected chi connectivity index (χ3v) is 25.7. The van der Waals surface area contributed by atoms with Crippen molar-refractivity contribution in [3.05, 3.63) is 116 Å². The Morgan fingerprint density at radius 2 is 0.200 bits per heavy atom. The first-order valence-electron chi connectivity index (χ1n) is 53.8. The van der Waals surface area contributed by atoms with E-state index in [-0.39, 0.29) is 0 Å². The monoisotopic (exact) mass is 1730 g/mol. The van der Waals surface area contributed by atoms with Crippen LogP contribution in [0.4, 0.5) is 0 Å². The molecule has 0 radical (unpaired) electrons. The van der Waals surface area contributed by atoms with Crippen molar-refractivity contribution in [2.75, 3.05) is 66.1 Å². The highest BCUT2D eigenvalue weighted by Gasteiger charge is 2.26. The summed E-state index contributed by atoms with van der Waals surface area (Å²) < 4.78 is 73.8. The van der Waals surface area contributed by atoms with E-state index in [9.17, 15) is 0 Å². The lowest BCUT2D eigenvalue weighted by Crippen LogP contribution is -2.10. The fraction of sp³-hybridized carbons (Fsp3) is 0.739. The van der Waals surface area contributed by atoms with Crippen molar-refractivity contribution >= 4 is 0 Å². The topological polar surface area (TPSA) is 92.3 Å². The Bertz CT molecular complexity index is 2710. The van der Waals surface area contributed by atoms with E-state index in [1.54, 1.807) is 0 Å². The third-order valence-electron chi connectivity index (χ3n) is 25.7. The summed E-state index contributed by atoms with van der Waals surface area (Å²) in [5.41, 5.74) is 11.0. The SMILES string of the molecule is CCCCCCCCOc1cc2c(OCCCCCCCC)cc1Cc1cc(OCCCCCCCC)c(cc1OCCCCCCCC)Cc1cc(OCCCCCCCC)c(cc1OCCCCCCCC)Cc1cc(OCCCCCCCC)c(cc1OCCCCCCCC)Cc1cc(OCCCCCCCC)c(cc1OCCCCCCCC)C2. The van der Waals surface area contributed by atoms with E-state index in [0.29, 0.717) is 98.2 Å². The summed E-state index contributed by atoms with van der Waals surface area (Å²) in [4.78, 5) is 0. The summed E-state index contributed by atoms with van der Waals surface area (Å²) in [7, 11) is 0. The number of hydrogen-bond acceptors (Lipinski definition) is 10. The molecule has 710 valence electrons. The van der Waals surface area contributed by atoms with Gasteiger partial charge in [-0.3, -0.25) is 0 Å². The van der Waals surface area contributed by atoms with Gasteiger partial charge in [-0.25, -0.2) is 0 Å². The molecule has 0 aliphatic heterocycles. The van der Waals surface area contributed by atoms with Gasteiger partial charge in [-0.1, -0.05) is 390 Å². The number of rotatable bonds is 80. The molecule has 0 amide bonds. The molecule has 0 unspecified atom stereocenters. The van der Waals surface area contributed by atoms with Crippen molar-refractivity contribution in [3.8, 4) is 57.5 Å². The minimum Gasteiger partial charge on any atom is -0.493 e. The van der Waals surface area contributed by atoms with Gasteiger partial charge in [-0.15, -0.1) is 0 Å². The van der Waals surface area contributed by atoms with E-state index in [1.165, 1.54) is 257 Å². The van der Waals surface area contributed by atoms with Crippen LogP contribution in [0.1, 0.15) is 510 Å². The minimum atomic E-state index is 0.573. The second-order valence-electron chi connectivity index (χ2n) is 37.4. The zero-order valence-electron chi connectivity index (χ0n) is 82.9. The van der Waals surface area contributed by atoms with Gasteiger partial charge in [0.15, 0.2) is 0 Å². The molecule has 5 aromatic carbocycles. The van der Waals surface area contributed by atoms with Crippen LogP contribution in [-0.2, 0) is 32.1 Å². The molecule has 0 saturated heterocycles. The van der Waals surface area contributed by atoms with Crippen molar-refractivity contribution in [3.63, 3.8) is 0 Å². The second-order valence-corrected chi connectivity index (χ2v) is 37.4. The zero-order valence-corrected chi connectivity index (χ0v) is 82.9. The first-order valence-corrected chi connectivity index (χ1v) is 53.8. The summed E-state index contributed by atoms with van der Waals surface area (Å²) in [6, 6.07) is 23.7. The molecule has 0 saturated carbocycles. The molecular formula is C115H190O10. The third kappa shape index (κ3) is 47.0. The fourth-order valence-electron chi connectivity index (χ4n) is 17.6. The van der Waals surface area contributed by atoms with Gasteiger partial charge >= 0.3 is 0 Å². The maximum absolute atomic E-state index is 7.38. The van der Waals surface area contributed by atoms with Gasteiger partial charge in [-0.05, 0) is 125 Å². The summed E-state index contributed by atoms with van der Waals surface area (Å²) in [5.74, 6) is 9.07. The molecule has 10 aliphatic rings. The van der Waals surface area contributed by atoms with E-state index in [2.05, 4.69) is 130 Å². The van der Waals surface area contributed by atoms with Gasteiger partial charge in [0.05, 0.1) is 66.1 Å². The maximum Gasteiger partial charge on any atom is 0.123 e. The van der Waals surface area contributed by atoms with Gasteiger partial charge in [-0.2, -0.15) is 0 Å². The standard InChI is InChI=1S/C115H190O10/c1-11-21-31-41-51-61-71-116-106-86-97-82-99-89-111(121-76-66-56-46-36-26-16-6)101(91-110(99)120-75-65-55-45-35-25-15-5)84-103-93-115(125-80-70-60-50-40-30-20-10)105(95-114(103)124-79-69-59-49-39-29-19-9)85-104-94-112(122-77-67-57-47-37-27-17-7)102(92-113(104)123-78-68-58-48-38-28-18-8)83-100-90-108(118-73-63-53-43-33-23-13-3)98(88-109(100)119-74-64-54-44-34-24-14-4)81-96(106)87-107(97)117-72-62-52-42-32-22-12-2/h86-95H,11-85H2,1-10H3. The molecule has 125 heavy (non-hydrogen) atoms. The molecule has 0 fully saturated rings. The highest BCUT2D eigenvalue weighted by atomic mass is 16.5. The molecule has 10 nitrogen and oxygen atoms in total. The van der Waals surface area contributed by atoms with Crippen LogP contribution in [0, 0.1) is 0 Å². The molecular weight excluding hydrogens is 1540 g/mol. The summed E-state index contributed by atoms with van der Waals surface area (Å²) in [5, 5.41) is 0. The average molecular weight is 1730 g/mol. The maximum atomic E-state index is 7.38. The van der Waals surface area contributed by atoms with Crippen LogP contribution in [0.2, 0.25) is 0 Å². The van der Waals surface area contributed by atoms with Crippen molar-refractivity contribution in [1.82, 2.24) is 0 Å². The van der Waals surface area contributed by atoms with Gasteiger partial charge in [0, 0.05) is 87.7 Å². The predicted molar refractivity (Wildman–Crippen MR) is 535 cm³/mol. The molecule has 0 aromatic heterocycles. The minimum absolute atomic E-state index is 0.573. The predicted octanol–water partition coefficient (Wildman–Crippen LogP) is 35.3. The number of hydrogen-bond donors (Lipinski definition) is 0. The zero-order chi connectivity index (χ0) is 88.7. The number of benzene rings is 5. The van der Waals surface area contributed by atoms with Crippen molar-refractivity contribution < 1.29 is 47.4 Å². The van der Waals surface area contributed by atoms with Gasteiger partial charge in [0.25, 0.3) is 0 Å². The molecule has 0 atom stereocenters. The fourth-order valence-corrected chi connectivity index (χ4v) is 17.6. The van der Waals surface area contributed by atoms with E-state index in [0.717, 1.165) is 242 Å². The quantitative estimate of drug-likeness (QED) is 0.0344. The van der Waals surface area contributed by atoms with Gasteiger partial charge < -0.3 is 47.4 Å². The average Bonchev–Trinajstić information content (AvgIpc) is 1.75. The van der Waals surface area contributed by atoms with Crippen LogP contribution in [0.3, 0.4) is 0 Å². The van der Waals surface area contributed by atoms with Crippen LogP contribution < -0.4 is 47.4 Å². The van der Waals surface area contributed by atoms with Gasteiger partial charge in [0.1, 0.15) is 57.5 Å². The lowest BCUT2D eigenvalue weighted by atomic mass is 9.94. The van der Waals surface area contributed by atoms with E-state index in [4.69, 9.17) is 47.4 Å². The molecule has 10 bridgehead atoms. The summed E-state index contributed by atoms with van der Waals surface area (Å²) in [6.07, 6.45) is 73.8. The first kappa shape index (κ1) is 108. The molecule has 0 spiro atoms.